The molecule has 0 aliphatic carbocycles. The summed E-state index contributed by atoms with van der Waals surface area (Å²) < 4.78 is 2.28. The zero-order valence-corrected chi connectivity index (χ0v) is 9.95. The first-order chi connectivity index (χ1) is 8.18. The van der Waals surface area contributed by atoms with Gasteiger partial charge in [0.05, 0.1) is 4.92 Å². The standard InChI is InChI=1S/C13H9NO2S/c1-8-10(14(15)16)6-7-12-13(8)9-4-2-3-5-11(9)17-12/h2-7H,1H3. The monoisotopic (exact) mass is 243 g/mol. The maximum absolute atomic E-state index is 10.9. The third kappa shape index (κ3) is 1.41. The molecule has 0 N–H and O–H groups in total. The summed E-state index contributed by atoms with van der Waals surface area (Å²) >= 11 is 1.67. The van der Waals surface area contributed by atoms with Gasteiger partial charge in [0.15, 0.2) is 0 Å². The highest BCUT2D eigenvalue weighted by Gasteiger charge is 2.16. The molecule has 0 aliphatic heterocycles. The Hall–Kier alpha value is -1.94. The Kier molecular flexibility index (Phi) is 2.12. The van der Waals surface area contributed by atoms with E-state index in [4.69, 9.17) is 0 Å². The molecule has 1 heterocycles. The third-order valence-corrected chi connectivity index (χ3v) is 4.11. The van der Waals surface area contributed by atoms with Crippen molar-refractivity contribution in [1.29, 1.82) is 0 Å². The Morgan fingerprint density at radius 1 is 1.12 bits per heavy atom. The number of thiophene rings is 1. The van der Waals surface area contributed by atoms with Gasteiger partial charge >= 0.3 is 0 Å². The number of aryl methyl sites for hydroxylation is 1. The molecule has 0 spiro atoms. The molecule has 4 heteroatoms. The number of rotatable bonds is 1. The Morgan fingerprint density at radius 3 is 2.65 bits per heavy atom. The van der Waals surface area contributed by atoms with Crippen LogP contribution in [0, 0.1) is 17.0 Å². The first kappa shape index (κ1) is 10.2. The fourth-order valence-corrected chi connectivity index (χ4v) is 3.34. The van der Waals surface area contributed by atoms with Crippen LogP contribution in [0.25, 0.3) is 20.2 Å². The van der Waals surface area contributed by atoms with Crippen LogP contribution >= 0.6 is 11.3 Å². The van der Waals surface area contributed by atoms with E-state index in [2.05, 4.69) is 0 Å². The van der Waals surface area contributed by atoms with Gasteiger partial charge in [-0.1, -0.05) is 18.2 Å². The number of benzene rings is 2. The fourth-order valence-electron chi connectivity index (χ4n) is 2.17. The average Bonchev–Trinajstić information content (AvgIpc) is 2.67. The van der Waals surface area contributed by atoms with E-state index in [1.165, 1.54) is 4.70 Å². The van der Waals surface area contributed by atoms with Gasteiger partial charge in [0, 0.05) is 31.8 Å². The van der Waals surface area contributed by atoms with Crippen molar-refractivity contribution >= 4 is 37.2 Å². The van der Waals surface area contributed by atoms with E-state index < -0.39 is 0 Å². The van der Waals surface area contributed by atoms with E-state index in [9.17, 15) is 10.1 Å². The fraction of sp³-hybridized carbons (Fsp3) is 0.0769. The summed E-state index contributed by atoms with van der Waals surface area (Å²) in [5.74, 6) is 0. The van der Waals surface area contributed by atoms with E-state index >= 15 is 0 Å². The number of nitrogens with zero attached hydrogens (tertiary/aromatic N) is 1. The van der Waals surface area contributed by atoms with Crippen molar-refractivity contribution < 1.29 is 4.92 Å². The van der Waals surface area contributed by atoms with Crippen LogP contribution in [0.1, 0.15) is 5.56 Å². The van der Waals surface area contributed by atoms with Gasteiger partial charge < -0.3 is 0 Å². The molecular weight excluding hydrogens is 234 g/mol. The van der Waals surface area contributed by atoms with Gasteiger partial charge in [-0.05, 0) is 19.1 Å². The molecular formula is C13H9NO2S. The van der Waals surface area contributed by atoms with Crippen molar-refractivity contribution in [2.75, 3.05) is 0 Å². The molecule has 0 saturated carbocycles. The Bertz CT molecular complexity index is 746. The van der Waals surface area contributed by atoms with Crippen LogP contribution in [0.3, 0.4) is 0 Å². The van der Waals surface area contributed by atoms with Gasteiger partial charge in [-0.25, -0.2) is 0 Å². The van der Waals surface area contributed by atoms with Gasteiger partial charge in [-0.15, -0.1) is 11.3 Å². The van der Waals surface area contributed by atoms with Crippen molar-refractivity contribution in [2.45, 2.75) is 6.92 Å². The molecule has 3 aromatic rings. The third-order valence-electron chi connectivity index (χ3n) is 2.97. The molecule has 1 aromatic heterocycles. The van der Waals surface area contributed by atoms with Crippen molar-refractivity contribution in [2.24, 2.45) is 0 Å². The highest BCUT2D eigenvalue weighted by molar-refractivity contribution is 7.25. The van der Waals surface area contributed by atoms with Gasteiger partial charge in [0.2, 0.25) is 0 Å². The van der Waals surface area contributed by atoms with Gasteiger partial charge in [-0.2, -0.15) is 0 Å². The molecule has 0 unspecified atom stereocenters. The van der Waals surface area contributed by atoms with Crippen LogP contribution in [0.5, 0.6) is 0 Å². The lowest BCUT2D eigenvalue weighted by Crippen LogP contribution is -1.91. The topological polar surface area (TPSA) is 43.1 Å². The number of fused-ring (bicyclic) bond motifs is 3. The summed E-state index contributed by atoms with van der Waals surface area (Å²) in [6.45, 7) is 1.82. The second-order valence-corrected chi connectivity index (χ2v) is 5.02. The Labute approximate surface area is 101 Å². The predicted molar refractivity (Wildman–Crippen MR) is 70.7 cm³/mol. The van der Waals surface area contributed by atoms with Crippen molar-refractivity contribution in [3.63, 3.8) is 0 Å². The predicted octanol–water partition coefficient (Wildman–Crippen LogP) is 4.27. The minimum atomic E-state index is -0.318. The van der Waals surface area contributed by atoms with Crippen molar-refractivity contribution in [3.8, 4) is 0 Å². The first-order valence-corrected chi connectivity index (χ1v) is 6.05. The summed E-state index contributed by atoms with van der Waals surface area (Å²) in [5, 5.41) is 13.1. The highest BCUT2D eigenvalue weighted by Crippen LogP contribution is 2.38. The van der Waals surface area contributed by atoms with Gasteiger partial charge in [0.25, 0.3) is 5.69 Å². The second kappa shape index (κ2) is 3.53. The molecule has 84 valence electrons. The van der Waals surface area contributed by atoms with E-state index in [-0.39, 0.29) is 10.6 Å². The van der Waals surface area contributed by atoms with Crippen LogP contribution < -0.4 is 0 Å². The van der Waals surface area contributed by atoms with Gasteiger partial charge in [-0.3, -0.25) is 10.1 Å². The molecule has 17 heavy (non-hydrogen) atoms. The molecule has 3 rings (SSSR count). The van der Waals surface area contributed by atoms with Crippen molar-refractivity contribution in [3.05, 3.63) is 52.1 Å². The summed E-state index contributed by atoms with van der Waals surface area (Å²) in [4.78, 5) is 10.6. The van der Waals surface area contributed by atoms with E-state index in [0.29, 0.717) is 0 Å². The maximum atomic E-state index is 10.9. The van der Waals surface area contributed by atoms with Crippen molar-refractivity contribution in [1.82, 2.24) is 0 Å². The zero-order valence-electron chi connectivity index (χ0n) is 9.14. The molecule has 0 amide bonds. The maximum Gasteiger partial charge on any atom is 0.273 e. The number of hydrogen-bond donors (Lipinski definition) is 0. The minimum Gasteiger partial charge on any atom is -0.258 e. The van der Waals surface area contributed by atoms with Crippen LogP contribution in [-0.2, 0) is 0 Å². The zero-order chi connectivity index (χ0) is 12.0. The lowest BCUT2D eigenvalue weighted by Gasteiger charge is -1.99. The molecule has 0 fully saturated rings. The number of hydrogen-bond acceptors (Lipinski definition) is 3. The summed E-state index contributed by atoms with van der Waals surface area (Å²) in [7, 11) is 0. The lowest BCUT2D eigenvalue weighted by atomic mass is 10.1. The lowest BCUT2D eigenvalue weighted by molar-refractivity contribution is -0.385. The Balaban J connectivity index is 2.52. The normalized spacial score (nSPS) is 11.1. The Morgan fingerprint density at radius 2 is 1.88 bits per heavy atom. The first-order valence-electron chi connectivity index (χ1n) is 5.24. The van der Waals surface area contributed by atoms with Gasteiger partial charge in [0.1, 0.15) is 0 Å². The van der Waals surface area contributed by atoms with E-state index in [1.54, 1.807) is 17.4 Å². The molecule has 3 nitrogen and oxygen atoms in total. The summed E-state index contributed by atoms with van der Waals surface area (Å²) in [6, 6.07) is 11.4. The minimum absolute atomic E-state index is 0.195. The average molecular weight is 243 g/mol. The van der Waals surface area contributed by atoms with Crippen LogP contribution in [0.4, 0.5) is 5.69 Å². The molecule has 0 aliphatic rings. The SMILES string of the molecule is Cc1c([N+](=O)[O-])ccc2sc3ccccc3c12. The highest BCUT2D eigenvalue weighted by atomic mass is 32.1. The molecule has 0 radical (unpaired) electrons. The quantitative estimate of drug-likeness (QED) is 0.473. The number of nitro benzene ring substituents is 1. The summed E-state index contributed by atoms with van der Waals surface area (Å²) in [6.07, 6.45) is 0. The molecule has 0 saturated heterocycles. The van der Waals surface area contributed by atoms with Crippen LogP contribution in [0.2, 0.25) is 0 Å². The molecule has 2 aromatic carbocycles. The smallest absolute Gasteiger partial charge is 0.258 e. The van der Waals surface area contributed by atoms with Crippen LogP contribution in [-0.4, -0.2) is 4.92 Å². The summed E-state index contributed by atoms with van der Waals surface area (Å²) in [5.41, 5.74) is 0.950. The van der Waals surface area contributed by atoms with E-state index in [1.807, 2.05) is 37.3 Å². The number of nitro groups is 1. The van der Waals surface area contributed by atoms with Crippen LogP contribution in [0.15, 0.2) is 36.4 Å². The molecule has 0 atom stereocenters. The van der Waals surface area contributed by atoms with E-state index in [0.717, 1.165) is 21.0 Å². The molecule has 0 bridgehead atoms. The largest absolute Gasteiger partial charge is 0.273 e. The second-order valence-electron chi connectivity index (χ2n) is 3.94.